The Morgan fingerprint density at radius 2 is 1.00 bits per heavy atom. The van der Waals surface area contributed by atoms with Crippen LogP contribution in [-0.2, 0) is 9.68 Å². The smallest absolute Gasteiger partial charge is 0.226 e. The maximum Gasteiger partial charge on any atom is 0.226 e. The van der Waals surface area contributed by atoms with Crippen LogP contribution < -0.4 is 22.9 Å². The zero-order valence-corrected chi connectivity index (χ0v) is 18.7. The molecule has 0 unspecified atom stereocenters. The van der Waals surface area contributed by atoms with Crippen molar-refractivity contribution in [3.05, 3.63) is 0 Å². The highest BCUT2D eigenvalue weighted by Gasteiger charge is 2.45. The first kappa shape index (κ1) is 22.6. The Hall–Kier alpha value is -2.60. The van der Waals surface area contributed by atoms with E-state index in [-0.39, 0.29) is 23.8 Å². The number of unbranched alkanes of at least 4 members (excludes halogenated alkanes) is 3. The SMILES string of the molecule is NC1=NC2(CCCC2)N(OCCCCCCON2C(N)=NC(N)=NC23CCCC3)C(N)=N1. The average Bonchev–Trinajstić information content (AvgIpc) is 3.38. The quantitative estimate of drug-likeness (QED) is 0.375. The monoisotopic (exact) mass is 448 g/mol. The lowest BCUT2D eigenvalue weighted by molar-refractivity contribution is -0.169. The molecule has 12 heteroatoms. The molecule has 0 radical (unpaired) electrons. The van der Waals surface area contributed by atoms with E-state index in [0.29, 0.717) is 13.2 Å². The van der Waals surface area contributed by atoms with Gasteiger partial charge in [0.25, 0.3) is 0 Å². The van der Waals surface area contributed by atoms with Gasteiger partial charge in [-0.05, 0) is 64.2 Å². The molecule has 2 spiro atoms. The molecule has 178 valence electrons. The number of aliphatic imine (C=N–C) groups is 4. The topological polar surface area (TPSA) is 178 Å². The van der Waals surface area contributed by atoms with Crippen molar-refractivity contribution in [3.8, 4) is 0 Å². The number of hydrogen-bond donors (Lipinski definition) is 4. The number of hydroxylamine groups is 4. The fourth-order valence-electron chi connectivity index (χ4n) is 5.07. The molecular formula is C20H36N10O2. The highest BCUT2D eigenvalue weighted by molar-refractivity contribution is 5.96. The van der Waals surface area contributed by atoms with Crippen LogP contribution in [0, 0.1) is 0 Å². The molecule has 4 rings (SSSR count). The summed E-state index contributed by atoms with van der Waals surface area (Å²) in [5, 5.41) is 3.34. The first-order chi connectivity index (χ1) is 15.4. The van der Waals surface area contributed by atoms with Gasteiger partial charge in [-0.15, -0.1) is 0 Å². The first-order valence-electron chi connectivity index (χ1n) is 11.7. The lowest BCUT2D eigenvalue weighted by atomic mass is 10.1. The summed E-state index contributed by atoms with van der Waals surface area (Å²) in [6.07, 6.45) is 11.6. The molecule has 0 aromatic carbocycles. The number of nitrogens with zero attached hydrogens (tertiary/aromatic N) is 6. The van der Waals surface area contributed by atoms with Crippen molar-refractivity contribution in [2.45, 2.75) is 88.4 Å². The van der Waals surface area contributed by atoms with Crippen LogP contribution in [0.25, 0.3) is 0 Å². The molecule has 8 N–H and O–H groups in total. The van der Waals surface area contributed by atoms with Crippen molar-refractivity contribution < 1.29 is 9.68 Å². The van der Waals surface area contributed by atoms with Crippen LogP contribution in [-0.4, -0.2) is 58.5 Å². The van der Waals surface area contributed by atoms with Crippen molar-refractivity contribution >= 4 is 23.8 Å². The minimum absolute atomic E-state index is 0.233. The molecule has 0 aromatic rings. The zero-order valence-electron chi connectivity index (χ0n) is 18.7. The summed E-state index contributed by atoms with van der Waals surface area (Å²) in [5.74, 6) is 1.04. The van der Waals surface area contributed by atoms with Gasteiger partial charge in [0.05, 0.1) is 13.2 Å². The van der Waals surface area contributed by atoms with Crippen molar-refractivity contribution in [1.29, 1.82) is 0 Å². The van der Waals surface area contributed by atoms with Crippen LogP contribution in [0.4, 0.5) is 0 Å². The second-order valence-electron chi connectivity index (χ2n) is 8.93. The van der Waals surface area contributed by atoms with E-state index in [1.54, 1.807) is 10.1 Å². The highest BCUT2D eigenvalue weighted by Crippen LogP contribution is 2.39. The van der Waals surface area contributed by atoms with E-state index in [1.165, 1.54) is 0 Å². The molecule has 12 nitrogen and oxygen atoms in total. The molecular weight excluding hydrogens is 412 g/mol. The average molecular weight is 449 g/mol. The lowest BCUT2D eigenvalue weighted by Gasteiger charge is -2.39. The van der Waals surface area contributed by atoms with Crippen LogP contribution in [0.2, 0.25) is 0 Å². The van der Waals surface area contributed by atoms with Gasteiger partial charge in [-0.2, -0.15) is 20.1 Å². The van der Waals surface area contributed by atoms with Gasteiger partial charge in [0.1, 0.15) is 0 Å². The Morgan fingerprint density at radius 3 is 1.38 bits per heavy atom. The molecule has 2 heterocycles. The van der Waals surface area contributed by atoms with Gasteiger partial charge in [0.2, 0.25) is 23.8 Å². The van der Waals surface area contributed by atoms with E-state index < -0.39 is 11.3 Å². The van der Waals surface area contributed by atoms with Crippen molar-refractivity contribution in [1.82, 2.24) is 10.1 Å². The van der Waals surface area contributed by atoms with Gasteiger partial charge in [-0.3, -0.25) is 9.68 Å². The molecule has 2 saturated carbocycles. The van der Waals surface area contributed by atoms with E-state index >= 15 is 0 Å². The largest absolute Gasteiger partial charge is 0.368 e. The van der Waals surface area contributed by atoms with Crippen LogP contribution >= 0.6 is 0 Å². The van der Waals surface area contributed by atoms with E-state index in [9.17, 15) is 0 Å². The third-order valence-electron chi connectivity index (χ3n) is 6.56. The lowest BCUT2D eigenvalue weighted by Crippen LogP contribution is -2.55. The van der Waals surface area contributed by atoms with Gasteiger partial charge in [0.15, 0.2) is 11.3 Å². The molecule has 2 fully saturated rings. The van der Waals surface area contributed by atoms with Crippen LogP contribution in [0.5, 0.6) is 0 Å². The summed E-state index contributed by atoms with van der Waals surface area (Å²) in [4.78, 5) is 29.2. The molecule has 0 saturated heterocycles. The molecule has 0 atom stereocenters. The summed E-state index contributed by atoms with van der Waals surface area (Å²) >= 11 is 0. The summed E-state index contributed by atoms with van der Waals surface area (Å²) in [7, 11) is 0. The Bertz CT molecular complexity index is 730. The van der Waals surface area contributed by atoms with E-state index in [2.05, 4.69) is 20.0 Å². The highest BCUT2D eigenvalue weighted by atomic mass is 16.7. The van der Waals surface area contributed by atoms with Crippen molar-refractivity contribution in [3.63, 3.8) is 0 Å². The van der Waals surface area contributed by atoms with E-state index in [0.717, 1.165) is 77.0 Å². The molecule has 0 aromatic heterocycles. The predicted molar refractivity (Wildman–Crippen MR) is 123 cm³/mol. The maximum absolute atomic E-state index is 6.08. The fourth-order valence-corrected chi connectivity index (χ4v) is 5.07. The molecule has 32 heavy (non-hydrogen) atoms. The van der Waals surface area contributed by atoms with Gasteiger partial charge >= 0.3 is 0 Å². The Kier molecular flexibility index (Phi) is 6.70. The summed E-state index contributed by atoms with van der Waals surface area (Å²) in [6, 6.07) is 0. The van der Waals surface area contributed by atoms with Crippen LogP contribution in [0.1, 0.15) is 77.0 Å². The summed E-state index contributed by atoms with van der Waals surface area (Å²) < 4.78 is 0. The zero-order chi connectivity index (χ0) is 22.6. The minimum atomic E-state index is -0.484. The molecule has 2 aliphatic carbocycles. The molecule has 0 amide bonds. The van der Waals surface area contributed by atoms with Gasteiger partial charge in [0, 0.05) is 0 Å². The Morgan fingerprint density at radius 1 is 0.625 bits per heavy atom. The van der Waals surface area contributed by atoms with Crippen molar-refractivity contribution in [2.75, 3.05) is 13.2 Å². The number of guanidine groups is 4. The maximum atomic E-state index is 6.08. The normalized spacial score (nSPS) is 24.0. The van der Waals surface area contributed by atoms with Gasteiger partial charge in [-0.25, -0.2) is 9.98 Å². The summed E-state index contributed by atoms with van der Waals surface area (Å²) in [6.45, 7) is 1.11. The third kappa shape index (κ3) is 4.60. The van der Waals surface area contributed by atoms with Gasteiger partial charge in [-0.1, -0.05) is 12.8 Å². The minimum Gasteiger partial charge on any atom is -0.368 e. The molecule has 0 bridgehead atoms. The van der Waals surface area contributed by atoms with Crippen LogP contribution in [0.15, 0.2) is 20.0 Å². The first-order valence-corrected chi connectivity index (χ1v) is 11.7. The Balaban J connectivity index is 1.15. The number of rotatable bonds is 9. The summed E-state index contributed by atoms with van der Waals surface area (Å²) in [5.41, 5.74) is 22.8. The number of hydrogen-bond acceptors (Lipinski definition) is 12. The molecule has 2 aliphatic heterocycles. The predicted octanol–water partition coefficient (Wildman–Crippen LogP) is 0.841. The standard InChI is InChI=1S/C20H36N10O2/c21-15-25-17(23)29(19(27-15)9-3-4-10-19)31-13-7-1-2-8-14-32-30-18(24)26-16(22)28-20(30)11-5-6-12-20/h1-14H2,(H4,21,23,25,27)(H4,22,24,26,28). The third-order valence-corrected chi connectivity index (χ3v) is 6.56. The second-order valence-corrected chi connectivity index (χ2v) is 8.93. The van der Waals surface area contributed by atoms with Gasteiger partial charge < -0.3 is 22.9 Å². The number of nitrogens with two attached hydrogens (primary N) is 4. The fraction of sp³-hybridized carbons (Fsp3) is 0.800. The second kappa shape index (κ2) is 9.49. The van der Waals surface area contributed by atoms with E-state index in [1.807, 2.05) is 0 Å². The molecule has 4 aliphatic rings. The van der Waals surface area contributed by atoms with Crippen LogP contribution in [0.3, 0.4) is 0 Å². The van der Waals surface area contributed by atoms with Crippen molar-refractivity contribution in [2.24, 2.45) is 42.9 Å². The van der Waals surface area contributed by atoms with E-state index in [4.69, 9.17) is 32.6 Å². The Labute approximate surface area is 188 Å².